The number of morpholine rings is 1. The standard InChI is InChI=1S/C33H27N3O5/c34-30(38)25-27-31(39)41-28(20-11-5-2-6-12-20)26(19-9-3-1-4-10-19)36(27)29(21-15-17-22(37)18-16-21)33(25)23-13-7-8-14-24(23)35-32(33)40/h1-18,25-29,37H,(H2,34,38)(H,35,40). The molecule has 0 radical (unpaired) electrons. The number of nitrogens with zero attached hydrogens (tertiary/aromatic N) is 1. The molecule has 0 aromatic heterocycles. The summed E-state index contributed by atoms with van der Waals surface area (Å²) in [6.45, 7) is 0. The van der Waals surface area contributed by atoms with E-state index in [1.165, 1.54) is 0 Å². The Morgan fingerprint density at radius 1 is 0.780 bits per heavy atom. The molecule has 8 heteroatoms. The number of hydrogen-bond donors (Lipinski definition) is 3. The van der Waals surface area contributed by atoms with Gasteiger partial charge in [0.1, 0.15) is 23.3 Å². The van der Waals surface area contributed by atoms with Crippen molar-refractivity contribution in [3.63, 3.8) is 0 Å². The number of nitrogens with one attached hydrogen (secondary N) is 1. The molecule has 6 unspecified atom stereocenters. The van der Waals surface area contributed by atoms with Gasteiger partial charge in [-0.25, -0.2) is 0 Å². The molecule has 7 rings (SSSR count). The summed E-state index contributed by atoms with van der Waals surface area (Å²) in [4.78, 5) is 43.9. The second-order valence-corrected chi connectivity index (χ2v) is 10.8. The molecule has 204 valence electrons. The molecular weight excluding hydrogens is 518 g/mol. The monoisotopic (exact) mass is 545 g/mol. The molecule has 8 nitrogen and oxygen atoms in total. The molecule has 4 aromatic rings. The van der Waals surface area contributed by atoms with Crippen LogP contribution in [-0.4, -0.2) is 33.8 Å². The van der Waals surface area contributed by atoms with Crippen LogP contribution >= 0.6 is 0 Å². The van der Waals surface area contributed by atoms with Crippen LogP contribution in [-0.2, 0) is 24.5 Å². The van der Waals surface area contributed by atoms with Gasteiger partial charge < -0.3 is 20.9 Å². The lowest BCUT2D eigenvalue weighted by molar-refractivity contribution is -0.178. The number of primary amides is 1. The van der Waals surface area contributed by atoms with Crippen molar-refractivity contribution in [2.45, 2.75) is 29.6 Å². The van der Waals surface area contributed by atoms with E-state index < -0.39 is 53.3 Å². The Labute approximate surface area is 236 Å². The lowest BCUT2D eigenvalue weighted by Gasteiger charge is -2.46. The summed E-state index contributed by atoms with van der Waals surface area (Å²) >= 11 is 0. The number of rotatable bonds is 4. The van der Waals surface area contributed by atoms with Gasteiger partial charge in [0.05, 0.1) is 18.0 Å². The van der Waals surface area contributed by atoms with Crippen LogP contribution in [0.2, 0.25) is 0 Å². The molecule has 0 saturated carbocycles. The molecule has 1 spiro atoms. The van der Waals surface area contributed by atoms with E-state index in [0.29, 0.717) is 16.8 Å². The van der Waals surface area contributed by atoms with Crippen molar-refractivity contribution in [3.05, 3.63) is 131 Å². The predicted molar refractivity (Wildman–Crippen MR) is 150 cm³/mol. The summed E-state index contributed by atoms with van der Waals surface area (Å²) in [5.74, 6) is -2.98. The van der Waals surface area contributed by atoms with Crippen molar-refractivity contribution in [1.82, 2.24) is 4.90 Å². The minimum absolute atomic E-state index is 0.0555. The van der Waals surface area contributed by atoms with Crippen LogP contribution in [0, 0.1) is 5.92 Å². The van der Waals surface area contributed by atoms with Gasteiger partial charge in [-0.15, -0.1) is 0 Å². The number of aromatic hydroxyl groups is 1. The van der Waals surface area contributed by atoms with Gasteiger partial charge in [-0.05, 0) is 40.5 Å². The molecule has 3 heterocycles. The summed E-state index contributed by atoms with van der Waals surface area (Å²) in [6, 6.07) is 30.3. The highest BCUT2D eigenvalue weighted by Gasteiger charge is 2.73. The van der Waals surface area contributed by atoms with E-state index in [2.05, 4.69) is 5.32 Å². The minimum Gasteiger partial charge on any atom is -0.508 e. The van der Waals surface area contributed by atoms with E-state index in [0.717, 1.165) is 11.1 Å². The summed E-state index contributed by atoms with van der Waals surface area (Å²) in [5.41, 5.74) is 8.06. The molecule has 0 bridgehead atoms. The van der Waals surface area contributed by atoms with E-state index in [-0.39, 0.29) is 5.75 Å². The molecular formula is C33H27N3O5. The maximum absolute atomic E-state index is 14.3. The zero-order chi connectivity index (χ0) is 28.3. The second kappa shape index (κ2) is 9.31. The Hall–Kier alpha value is -4.95. The van der Waals surface area contributed by atoms with E-state index in [1.807, 2.05) is 83.8 Å². The van der Waals surface area contributed by atoms with Crippen molar-refractivity contribution in [3.8, 4) is 5.75 Å². The van der Waals surface area contributed by atoms with Gasteiger partial charge >= 0.3 is 5.97 Å². The van der Waals surface area contributed by atoms with Crippen LogP contribution in [0.25, 0.3) is 0 Å². The number of fused-ring (bicyclic) bond motifs is 3. The summed E-state index contributed by atoms with van der Waals surface area (Å²) in [6.07, 6.45) is -0.731. The molecule has 41 heavy (non-hydrogen) atoms. The summed E-state index contributed by atoms with van der Waals surface area (Å²) in [7, 11) is 0. The van der Waals surface area contributed by atoms with Crippen molar-refractivity contribution >= 4 is 23.5 Å². The molecule has 6 atom stereocenters. The number of phenolic OH excluding ortho intramolecular Hbond substituents is 1. The molecule has 2 saturated heterocycles. The molecule has 4 aromatic carbocycles. The Bertz CT molecular complexity index is 1660. The lowest BCUT2D eigenvalue weighted by atomic mass is 9.65. The molecule has 2 fully saturated rings. The van der Waals surface area contributed by atoms with E-state index in [4.69, 9.17) is 10.5 Å². The van der Waals surface area contributed by atoms with Gasteiger partial charge in [-0.1, -0.05) is 91.0 Å². The number of carbonyl (C=O) groups is 3. The van der Waals surface area contributed by atoms with E-state index >= 15 is 0 Å². The number of anilines is 1. The number of benzene rings is 4. The van der Waals surface area contributed by atoms with Crippen LogP contribution in [0.1, 0.15) is 40.4 Å². The van der Waals surface area contributed by atoms with Crippen LogP contribution in [0.4, 0.5) is 5.69 Å². The average molecular weight is 546 g/mol. The van der Waals surface area contributed by atoms with Gasteiger partial charge in [0, 0.05) is 5.69 Å². The lowest BCUT2D eigenvalue weighted by Crippen LogP contribution is -2.53. The Morgan fingerprint density at radius 3 is 2.05 bits per heavy atom. The summed E-state index contributed by atoms with van der Waals surface area (Å²) in [5, 5.41) is 13.1. The first-order chi connectivity index (χ1) is 19.9. The van der Waals surface area contributed by atoms with Crippen molar-refractivity contribution in [2.24, 2.45) is 11.7 Å². The van der Waals surface area contributed by atoms with Crippen LogP contribution in [0.3, 0.4) is 0 Å². The number of cyclic esters (lactones) is 1. The van der Waals surface area contributed by atoms with Crippen molar-refractivity contribution < 1.29 is 24.2 Å². The number of amides is 2. The maximum Gasteiger partial charge on any atom is 0.324 e. The largest absolute Gasteiger partial charge is 0.508 e. The molecule has 2 amide bonds. The van der Waals surface area contributed by atoms with Gasteiger partial charge in [-0.3, -0.25) is 19.3 Å². The van der Waals surface area contributed by atoms with E-state index in [1.54, 1.807) is 30.3 Å². The second-order valence-electron chi connectivity index (χ2n) is 10.8. The first kappa shape index (κ1) is 25.0. The number of hydrogen-bond acceptors (Lipinski definition) is 6. The van der Waals surface area contributed by atoms with Crippen molar-refractivity contribution in [2.75, 3.05) is 5.32 Å². The molecule has 4 N–H and O–H groups in total. The fraction of sp³-hybridized carbons (Fsp3) is 0.182. The third-order valence-electron chi connectivity index (χ3n) is 8.73. The van der Waals surface area contributed by atoms with Crippen LogP contribution < -0.4 is 11.1 Å². The highest BCUT2D eigenvalue weighted by atomic mass is 16.6. The van der Waals surface area contributed by atoms with Crippen LogP contribution in [0.5, 0.6) is 5.75 Å². The highest BCUT2D eigenvalue weighted by molar-refractivity contribution is 6.11. The fourth-order valence-electron chi connectivity index (χ4n) is 7.24. The number of ether oxygens (including phenoxy) is 1. The SMILES string of the molecule is NC(=O)C1C2C(=O)OC(c3ccccc3)C(c3ccccc3)N2C(c2ccc(O)cc2)C12C(=O)Nc1ccccc12. The quantitative estimate of drug-likeness (QED) is 0.331. The highest BCUT2D eigenvalue weighted by Crippen LogP contribution is 2.64. The Kier molecular flexibility index (Phi) is 5.69. The molecule has 3 aliphatic rings. The normalized spacial score (nSPS) is 28.5. The molecule has 3 aliphatic heterocycles. The number of nitrogens with two attached hydrogens (primary N) is 1. The number of para-hydroxylation sites is 1. The topological polar surface area (TPSA) is 122 Å². The van der Waals surface area contributed by atoms with Gasteiger partial charge in [0.25, 0.3) is 0 Å². The molecule has 0 aliphatic carbocycles. The zero-order valence-corrected chi connectivity index (χ0v) is 21.9. The Morgan fingerprint density at radius 2 is 1.39 bits per heavy atom. The number of esters is 1. The Balaban J connectivity index is 1.56. The summed E-state index contributed by atoms with van der Waals surface area (Å²) < 4.78 is 6.20. The van der Waals surface area contributed by atoms with Gasteiger partial charge in [0.15, 0.2) is 0 Å². The average Bonchev–Trinajstić information content (AvgIpc) is 3.47. The first-order valence-corrected chi connectivity index (χ1v) is 13.5. The fourth-order valence-corrected chi connectivity index (χ4v) is 7.24. The smallest absolute Gasteiger partial charge is 0.324 e. The zero-order valence-electron chi connectivity index (χ0n) is 21.9. The first-order valence-electron chi connectivity index (χ1n) is 13.5. The number of carbonyl (C=O) groups excluding carboxylic acids is 3. The third kappa shape index (κ3) is 3.54. The van der Waals surface area contributed by atoms with Crippen molar-refractivity contribution in [1.29, 1.82) is 0 Å². The van der Waals surface area contributed by atoms with E-state index in [9.17, 15) is 19.5 Å². The minimum atomic E-state index is -1.54. The predicted octanol–water partition coefficient (Wildman–Crippen LogP) is 4.15. The van der Waals surface area contributed by atoms with Gasteiger partial charge in [-0.2, -0.15) is 0 Å². The van der Waals surface area contributed by atoms with Gasteiger partial charge in [0.2, 0.25) is 11.8 Å². The van der Waals surface area contributed by atoms with Crippen LogP contribution in [0.15, 0.2) is 109 Å². The number of phenols is 1. The maximum atomic E-state index is 14.3. The third-order valence-corrected chi connectivity index (χ3v) is 8.73.